The number of carbonyl (C=O) groups excluding carboxylic acids is 1. The number of hydrogen-bond acceptors (Lipinski definition) is 5. The highest BCUT2D eigenvalue weighted by atomic mass is 19.4. The number of nitrogens with zero attached hydrogens (tertiary/aromatic N) is 4. The Kier molecular flexibility index (Phi) is 5.39. The molecule has 1 amide bonds. The summed E-state index contributed by atoms with van der Waals surface area (Å²) < 4.78 is 50.9. The van der Waals surface area contributed by atoms with Gasteiger partial charge < -0.3 is 10.2 Å². The van der Waals surface area contributed by atoms with E-state index in [1.165, 1.54) is 23.4 Å². The number of anilines is 2. The van der Waals surface area contributed by atoms with Crippen LogP contribution in [-0.4, -0.2) is 38.8 Å². The van der Waals surface area contributed by atoms with E-state index in [0.717, 1.165) is 17.8 Å². The maximum atomic E-state index is 13.0. The normalized spacial score (nSPS) is 14.4. The van der Waals surface area contributed by atoms with Crippen LogP contribution in [0.2, 0.25) is 0 Å². The number of carbonyl (C=O) groups is 1. The van der Waals surface area contributed by atoms with Crippen molar-refractivity contribution in [3.05, 3.63) is 60.6 Å². The van der Waals surface area contributed by atoms with Crippen molar-refractivity contribution in [3.8, 4) is 0 Å². The van der Waals surface area contributed by atoms with Crippen molar-refractivity contribution in [2.75, 3.05) is 18.4 Å². The molecule has 0 unspecified atom stereocenters. The summed E-state index contributed by atoms with van der Waals surface area (Å²) in [6.45, 7) is 3.48. The fraction of sp³-hybridized carbons (Fsp3) is 0.222. The molecule has 0 spiro atoms. The summed E-state index contributed by atoms with van der Waals surface area (Å²) in [4.78, 5) is 24.8. The second kappa shape index (κ2) is 7.75. The summed E-state index contributed by atoms with van der Waals surface area (Å²) in [5.41, 5.74) is 0.598. The first-order valence-electron chi connectivity index (χ1n) is 8.20. The maximum absolute atomic E-state index is 13.0. The third-order valence-electron chi connectivity index (χ3n) is 4.05. The average molecular weight is 393 g/mol. The second-order valence-corrected chi connectivity index (χ2v) is 5.94. The Balaban J connectivity index is 1.79. The molecule has 10 heteroatoms. The van der Waals surface area contributed by atoms with Crippen LogP contribution in [0.1, 0.15) is 17.8 Å². The third kappa shape index (κ3) is 4.33. The molecule has 0 atom stereocenters. The van der Waals surface area contributed by atoms with Crippen molar-refractivity contribution < 1.29 is 22.4 Å². The first-order chi connectivity index (χ1) is 13.3. The number of aromatic nitrogens is 3. The lowest BCUT2D eigenvalue weighted by Crippen LogP contribution is -2.34. The number of nitrogens with one attached hydrogen (secondary N) is 1. The first kappa shape index (κ1) is 19.5. The first-order valence-corrected chi connectivity index (χ1v) is 8.20. The second-order valence-electron chi connectivity index (χ2n) is 5.94. The van der Waals surface area contributed by atoms with E-state index in [0.29, 0.717) is 23.6 Å². The lowest BCUT2D eigenvalue weighted by Gasteiger charge is -2.26. The van der Waals surface area contributed by atoms with Gasteiger partial charge in [0.05, 0.1) is 11.9 Å². The highest BCUT2D eigenvalue weighted by Gasteiger charge is 2.32. The molecule has 146 valence electrons. The summed E-state index contributed by atoms with van der Waals surface area (Å²) in [5.74, 6) is -1.44. The minimum atomic E-state index is -4.52. The summed E-state index contributed by atoms with van der Waals surface area (Å²) >= 11 is 0. The molecule has 0 radical (unpaired) electrons. The van der Waals surface area contributed by atoms with Gasteiger partial charge in [0, 0.05) is 25.5 Å². The Labute approximate surface area is 157 Å². The molecule has 2 aromatic rings. The van der Waals surface area contributed by atoms with Crippen LogP contribution in [0.3, 0.4) is 0 Å². The zero-order valence-electron chi connectivity index (χ0n) is 14.5. The van der Waals surface area contributed by atoms with Gasteiger partial charge in [0.25, 0.3) is 5.91 Å². The summed E-state index contributed by atoms with van der Waals surface area (Å²) in [6.07, 6.45) is 1.60. The van der Waals surface area contributed by atoms with E-state index in [4.69, 9.17) is 0 Å². The zero-order valence-corrected chi connectivity index (χ0v) is 14.5. The predicted octanol–water partition coefficient (Wildman–Crippen LogP) is 3.73. The summed E-state index contributed by atoms with van der Waals surface area (Å²) in [7, 11) is 0. The lowest BCUT2D eigenvalue weighted by atomic mass is 10.0. The number of alkyl halides is 3. The van der Waals surface area contributed by atoms with Gasteiger partial charge in [-0.3, -0.25) is 9.78 Å². The number of amides is 1. The van der Waals surface area contributed by atoms with Crippen LogP contribution < -0.4 is 5.32 Å². The molecule has 0 saturated heterocycles. The topological polar surface area (TPSA) is 71.0 Å². The molecule has 6 nitrogen and oxygen atoms in total. The third-order valence-corrected chi connectivity index (χ3v) is 4.05. The molecule has 2 aromatic heterocycles. The highest BCUT2D eigenvalue weighted by molar-refractivity contribution is 5.91. The molecule has 0 aromatic carbocycles. The van der Waals surface area contributed by atoms with E-state index in [2.05, 4.69) is 26.8 Å². The van der Waals surface area contributed by atoms with Crippen LogP contribution in [0.4, 0.5) is 29.1 Å². The molecule has 0 fully saturated rings. The lowest BCUT2D eigenvalue weighted by molar-refractivity contribution is -0.141. The van der Waals surface area contributed by atoms with Gasteiger partial charge in [0.15, 0.2) is 11.6 Å². The molecule has 3 rings (SSSR count). The number of rotatable bonds is 4. The SMILES string of the molecule is C=C(F)C(=O)N1CC=C(c2nccnc2Nc2ccc(C(F)(F)F)nc2)CC1. The minimum Gasteiger partial charge on any atom is -0.337 e. The largest absolute Gasteiger partial charge is 0.433 e. The van der Waals surface area contributed by atoms with E-state index in [9.17, 15) is 22.4 Å². The van der Waals surface area contributed by atoms with Gasteiger partial charge in [-0.2, -0.15) is 13.2 Å². The quantitative estimate of drug-likeness (QED) is 0.633. The summed E-state index contributed by atoms with van der Waals surface area (Å²) in [6, 6.07) is 2.11. The highest BCUT2D eigenvalue weighted by Crippen LogP contribution is 2.30. The summed E-state index contributed by atoms with van der Waals surface area (Å²) in [5, 5.41) is 2.90. The van der Waals surface area contributed by atoms with Gasteiger partial charge in [0.1, 0.15) is 11.4 Å². The molecule has 1 aliphatic heterocycles. The van der Waals surface area contributed by atoms with Crippen molar-refractivity contribution in [1.82, 2.24) is 19.9 Å². The van der Waals surface area contributed by atoms with Crippen LogP contribution in [0.5, 0.6) is 0 Å². The van der Waals surface area contributed by atoms with Crippen LogP contribution in [0, 0.1) is 0 Å². The van der Waals surface area contributed by atoms with Gasteiger partial charge in [-0.15, -0.1) is 0 Å². The molecular formula is C18H15F4N5O. The van der Waals surface area contributed by atoms with Crippen molar-refractivity contribution in [2.24, 2.45) is 0 Å². The van der Waals surface area contributed by atoms with Gasteiger partial charge in [-0.05, 0) is 24.1 Å². The van der Waals surface area contributed by atoms with E-state index in [1.54, 1.807) is 6.08 Å². The molecular weight excluding hydrogens is 378 g/mol. The fourth-order valence-electron chi connectivity index (χ4n) is 2.68. The number of pyridine rings is 1. The predicted molar refractivity (Wildman–Crippen MR) is 94.0 cm³/mol. The van der Waals surface area contributed by atoms with Crippen LogP contribution in [-0.2, 0) is 11.0 Å². The van der Waals surface area contributed by atoms with Gasteiger partial charge in [-0.25, -0.2) is 14.4 Å². The fourth-order valence-corrected chi connectivity index (χ4v) is 2.68. The Bertz CT molecular complexity index is 924. The minimum absolute atomic E-state index is 0.189. The molecule has 1 aliphatic rings. The monoisotopic (exact) mass is 393 g/mol. The van der Waals surface area contributed by atoms with Crippen molar-refractivity contribution in [2.45, 2.75) is 12.6 Å². The van der Waals surface area contributed by atoms with Crippen LogP contribution >= 0.6 is 0 Å². The van der Waals surface area contributed by atoms with E-state index < -0.39 is 23.6 Å². The van der Waals surface area contributed by atoms with Gasteiger partial charge in [0.2, 0.25) is 0 Å². The van der Waals surface area contributed by atoms with E-state index in [1.807, 2.05) is 0 Å². The van der Waals surface area contributed by atoms with Gasteiger partial charge >= 0.3 is 6.18 Å². The Morgan fingerprint density at radius 3 is 2.50 bits per heavy atom. The molecule has 0 aliphatic carbocycles. The zero-order chi connectivity index (χ0) is 20.3. The van der Waals surface area contributed by atoms with Crippen molar-refractivity contribution >= 4 is 23.0 Å². The van der Waals surface area contributed by atoms with E-state index >= 15 is 0 Å². The molecule has 1 N–H and O–H groups in total. The Morgan fingerprint density at radius 1 is 1.18 bits per heavy atom. The van der Waals surface area contributed by atoms with Crippen LogP contribution in [0.15, 0.2) is 49.2 Å². The van der Waals surface area contributed by atoms with Crippen LogP contribution in [0.25, 0.3) is 5.57 Å². The Morgan fingerprint density at radius 2 is 1.93 bits per heavy atom. The molecule has 28 heavy (non-hydrogen) atoms. The van der Waals surface area contributed by atoms with Gasteiger partial charge in [-0.1, -0.05) is 12.7 Å². The standard InChI is InChI=1S/C18H15F4N5O/c1-11(19)17(28)27-8-4-12(5-9-27)15-16(24-7-6-23-15)26-13-2-3-14(25-10-13)18(20,21)22/h2-4,6-7,10H,1,5,8-9H2,(H,24,26). The maximum Gasteiger partial charge on any atom is 0.433 e. The number of hydrogen-bond donors (Lipinski definition) is 1. The smallest absolute Gasteiger partial charge is 0.337 e. The molecule has 0 saturated carbocycles. The Hall–Kier alpha value is -3.30. The molecule has 0 bridgehead atoms. The number of halogens is 4. The van der Waals surface area contributed by atoms with Crippen molar-refractivity contribution in [3.63, 3.8) is 0 Å². The average Bonchev–Trinajstić information content (AvgIpc) is 2.68. The molecule has 3 heterocycles. The van der Waals surface area contributed by atoms with Crippen molar-refractivity contribution in [1.29, 1.82) is 0 Å². The van der Waals surface area contributed by atoms with E-state index in [-0.39, 0.29) is 13.1 Å².